The number of fused-ring (bicyclic) bond motifs is 2. The van der Waals surface area contributed by atoms with Crippen molar-refractivity contribution in [3.8, 4) is 33.4 Å². The lowest BCUT2D eigenvalue weighted by molar-refractivity contribution is 1.10. The molecule has 1 heteroatoms. The standard InChI is InChI=1S/C58H51N/c1-8-11-13-22-43(6)59(50-36-32-46(33-37-50)57-40-48-24-16-19-29-54(48)52(44(57)7)26-12-9-2)49(10-3)35-31-41(4)47-34-38-56(51-27-17-14-21-42(51)5)58(39-47)55-30-20-25-45-23-15-18-28-53(45)55/h8-40H,1-3H2,4-7H3/b13-11-,26-12-,41-31+,43-22+,49-35+. The van der Waals surface area contributed by atoms with E-state index in [1.807, 2.05) is 30.4 Å². The normalized spacial score (nSPS) is 12.4. The maximum absolute atomic E-state index is 4.30. The molecule has 0 heterocycles. The van der Waals surface area contributed by atoms with Gasteiger partial charge >= 0.3 is 0 Å². The first kappa shape index (κ1) is 40.0. The molecular weight excluding hydrogens is 711 g/mol. The summed E-state index contributed by atoms with van der Waals surface area (Å²) >= 11 is 0. The van der Waals surface area contributed by atoms with Gasteiger partial charge in [0.05, 0.1) is 0 Å². The van der Waals surface area contributed by atoms with Gasteiger partial charge in [0.1, 0.15) is 0 Å². The first-order valence-electron chi connectivity index (χ1n) is 20.2. The molecule has 0 spiro atoms. The van der Waals surface area contributed by atoms with Gasteiger partial charge in [0.25, 0.3) is 0 Å². The van der Waals surface area contributed by atoms with Gasteiger partial charge in [-0.1, -0.05) is 178 Å². The second-order valence-electron chi connectivity index (χ2n) is 14.8. The molecular formula is C58H51N. The topological polar surface area (TPSA) is 3.24 Å². The van der Waals surface area contributed by atoms with E-state index in [9.17, 15) is 0 Å². The van der Waals surface area contributed by atoms with Gasteiger partial charge in [-0.05, 0) is 153 Å². The fourth-order valence-corrected chi connectivity index (χ4v) is 7.98. The van der Waals surface area contributed by atoms with Crippen molar-refractivity contribution in [1.82, 2.24) is 0 Å². The van der Waals surface area contributed by atoms with Crippen molar-refractivity contribution in [2.24, 2.45) is 0 Å². The maximum atomic E-state index is 4.30. The van der Waals surface area contributed by atoms with Crippen molar-refractivity contribution in [1.29, 1.82) is 0 Å². The first-order valence-corrected chi connectivity index (χ1v) is 20.2. The van der Waals surface area contributed by atoms with E-state index in [1.165, 1.54) is 66.1 Å². The molecule has 0 aliphatic heterocycles. The van der Waals surface area contributed by atoms with Crippen molar-refractivity contribution < 1.29 is 0 Å². The van der Waals surface area contributed by atoms with Gasteiger partial charge in [0.2, 0.25) is 0 Å². The van der Waals surface area contributed by atoms with E-state index in [2.05, 4.69) is 216 Å². The molecule has 7 aromatic carbocycles. The van der Waals surface area contributed by atoms with Crippen LogP contribution in [-0.4, -0.2) is 0 Å². The summed E-state index contributed by atoms with van der Waals surface area (Å²) in [5.74, 6) is 0. The smallest absolute Gasteiger partial charge is 0.0458 e. The van der Waals surface area contributed by atoms with Crippen LogP contribution in [0.25, 0.3) is 66.6 Å². The first-order chi connectivity index (χ1) is 28.8. The zero-order valence-corrected chi connectivity index (χ0v) is 34.6. The van der Waals surface area contributed by atoms with Crippen LogP contribution in [0, 0.1) is 13.8 Å². The Bertz CT molecular complexity index is 2850. The van der Waals surface area contributed by atoms with Gasteiger partial charge < -0.3 is 4.90 Å². The minimum absolute atomic E-state index is 0.961. The summed E-state index contributed by atoms with van der Waals surface area (Å²) < 4.78 is 0. The van der Waals surface area contributed by atoms with E-state index in [1.54, 1.807) is 6.08 Å². The quantitative estimate of drug-likeness (QED) is 0.106. The SMILES string of the molecule is C=C/C=C\C=C(/C)N(/C(C=C)=C/C=C(\C)c1ccc(-c2ccccc2C)c(-c2cccc3ccccc23)c1)c1ccc(-c2cc3ccccc3c(/C=C\C=C)c2C)cc1. The molecule has 7 rings (SSSR count). The molecule has 0 saturated heterocycles. The monoisotopic (exact) mass is 761 g/mol. The Morgan fingerprint density at radius 3 is 1.95 bits per heavy atom. The zero-order chi connectivity index (χ0) is 41.3. The number of hydrogen-bond donors (Lipinski definition) is 0. The van der Waals surface area contributed by atoms with Crippen LogP contribution in [0.15, 0.2) is 225 Å². The number of allylic oxidation sites excluding steroid dienone is 11. The molecule has 0 aromatic heterocycles. The van der Waals surface area contributed by atoms with Crippen molar-refractivity contribution >= 4 is 38.9 Å². The van der Waals surface area contributed by atoms with Crippen molar-refractivity contribution in [2.75, 3.05) is 4.90 Å². The van der Waals surface area contributed by atoms with Crippen LogP contribution in [0.2, 0.25) is 0 Å². The summed E-state index contributed by atoms with van der Waals surface area (Å²) in [6.45, 7) is 20.8. The summed E-state index contributed by atoms with van der Waals surface area (Å²) in [5.41, 5.74) is 16.3. The number of rotatable bonds is 13. The van der Waals surface area contributed by atoms with Crippen LogP contribution < -0.4 is 4.90 Å². The molecule has 7 aromatic rings. The summed E-state index contributed by atoms with van der Waals surface area (Å²) in [6.07, 6.45) is 20.2. The molecule has 59 heavy (non-hydrogen) atoms. The second kappa shape index (κ2) is 18.4. The van der Waals surface area contributed by atoms with E-state index < -0.39 is 0 Å². The highest BCUT2D eigenvalue weighted by Gasteiger charge is 2.16. The summed E-state index contributed by atoms with van der Waals surface area (Å²) in [5, 5.41) is 4.92. The number of hydrogen-bond acceptors (Lipinski definition) is 1. The number of benzene rings is 7. The molecule has 0 unspecified atom stereocenters. The Morgan fingerprint density at radius 1 is 0.525 bits per heavy atom. The van der Waals surface area contributed by atoms with Crippen LogP contribution in [0.1, 0.15) is 36.1 Å². The minimum Gasteiger partial charge on any atom is -0.315 e. The van der Waals surface area contributed by atoms with Crippen LogP contribution in [-0.2, 0) is 0 Å². The summed E-state index contributed by atoms with van der Waals surface area (Å²) in [7, 11) is 0. The zero-order valence-electron chi connectivity index (χ0n) is 34.6. The Balaban J connectivity index is 1.30. The average Bonchev–Trinajstić information content (AvgIpc) is 3.27. The van der Waals surface area contributed by atoms with E-state index in [0.717, 1.165) is 33.8 Å². The fourth-order valence-electron chi connectivity index (χ4n) is 7.98. The van der Waals surface area contributed by atoms with Crippen molar-refractivity contribution in [2.45, 2.75) is 27.7 Å². The lowest BCUT2D eigenvalue weighted by atomic mass is 9.87. The van der Waals surface area contributed by atoms with Gasteiger partial charge in [-0.15, -0.1) is 0 Å². The average molecular weight is 762 g/mol. The van der Waals surface area contributed by atoms with E-state index in [-0.39, 0.29) is 0 Å². The van der Waals surface area contributed by atoms with Gasteiger partial charge in [-0.25, -0.2) is 0 Å². The van der Waals surface area contributed by atoms with Gasteiger partial charge in [0.15, 0.2) is 0 Å². The Hall–Kier alpha value is -7.22. The molecule has 0 aliphatic carbocycles. The maximum Gasteiger partial charge on any atom is 0.0458 e. The fraction of sp³-hybridized carbons (Fsp3) is 0.0690. The molecule has 0 atom stereocenters. The molecule has 1 nitrogen and oxygen atoms in total. The third-order valence-corrected chi connectivity index (χ3v) is 11.1. The largest absolute Gasteiger partial charge is 0.315 e. The van der Waals surface area contributed by atoms with Crippen LogP contribution >= 0.6 is 0 Å². The van der Waals surface area contributed by atoms with Gasteiger partial charge in [-0.3, -0.25) is 0 Å². The van der Waals surface area contributed by atoms with E-state index >= 15 is 0 Å². The molecule has 0 N–H and O–H groups in total. The Kier molecular flexibility index (Phi) is 12.4. The molecule has 288 valence electrons. The molecule has 0 aliphatic rings. The van der Waals surface area contributed by atoms with Crippen LogP contribution in [0.5, 0.6) is 0 Å². The molecule has 0 radical (unpaired) electrons. The molecule has 0 fully saturated rings. The highest BCUT2D eigenvalue weighted by atomic mass is 15.1. The van der Waals surface area contributed by atoms with E-state index in [0.29, 0.717) is 0 Å². The van der Waals surface area contributed by atoms with Crippen LogP contribution in [0.4, 0.5) is 5.69 Å². The molecule has 0 saturated carbocycles. The molecule has 0 amide bonds. The van der Waals surface area contributed by atoms with Crippen molar-refractivity contribution in [3.63, 3.8) is 0 Å². The molecule has 0 bridgehead atoms. The predicted molar refractivity (Wildman–Crippen MR) is 260 cm³/mol. The number of nitrogens with zero attached hydrogens (tertiary/aromatic N) is 1. The highest BCUT2D eigenvalue weighted by Crippen LogP contribution is 2.40. The Morgan fingerprint density at radius 2 is 1.20 bits per heavy atom. The van der Waals surface area contributed by atoms with Crippen LogP contribution in [0.3, 0.4) is 0 Å². The summed E-state index contributed by atoms with van der Waals surface area (Å²) in [6, 6.07) is 50.5. The lowest BCUT2D eigenvalue weighted by Crippen LogP contribution is -2.19. The van der Waals surface area contributed by atoms with Gasteiger partial charge in [0, 0.05) is 17.1 Å². The third kappa shape index (κ3) is 8.56. The van der Waals surface area contributed by atoms with Crippen molar-refractivity contribution in [3.05, 3.63) is 248 Å². The summed E-state index contributed by atoms with van der Waals surface area (Å²) in [4.78, 5) is 2.25. The number of aryl methyl sites for hydroxylation is 1. The Labute approximate surface area is 351 Å². The van der Waals surface area contributed by atoms with E-state index in [4.69, 9.17) is 0 Å². The third-order valence-electron chi connectivity index (χ3n) is 11.1. The van der Waals surface area contributed by atoms with Gasteiger partial charge in [-0.2, -0.15) is 0 Å². The lowest BCUT2D eigenvalue weighted by Gasteiger charge is -2.27. The predicted octanol–water partition coefficient (Wildman–Crippen LogP) is 16.4. The minimum atomic E-state index is 0.961. The highest BCUT2D eigenvalue weighted by molar-refractivity contribution is 6.01. The second-order valence-corrected chi connectivity index (χ2v) is 14.8. The number of anilines is 1.